The summed E-state index contributed by atoms with van der Waals surface area (Å²) in [7, 11) is 0. The zero-order chi connectivity index (χ0) is 20.8. The van der Waals surface area contributed by atoms with E-state index in [1.54, 1.807) is 16.7 Å². The van der Waals surface area contributed by atoms with Gasteiger partial charge in [0.05, 0.1) is 17.5 Å². The molecular formula is C25H24N2O2S. The smallest absolute Gasteiger partial charge is 0.237 e. The van der Waals surface area contributed by atoms with Crippen LogP contribution in [0, 0.1) is 0 Å². The van der Waals surface area contributed by atoms with Crippen LogP contribution in [-0.2, 0) is 16.0 Å². The van der Waals surface area contributed by atoms with Crippen molar-refractivity contribution in [1.29, 1.82) is 0 Å². The fourth-order valence-corrected chi connectivity index (χ4v) is 4.60. The van der Waals surface area contributed by atoms with Gasteiger partial charge in [-0.15, -0.1) is 11.8 Å². The summed E-state index contributed by atoms with van der Waals surface area (Å²) >= 11 is 1.55. The number of benzene rings is 3. The molecule has 0 saturated carbocycles. The van der Waals surface area contributed by atoms with E-state index in [-0.39, 0.29) is 24.3 Å². The molecule has 1 heterocycles. The summed E-state index contributed by atoms with van der Waals surface area (Å²) in [6.07, 6.45) is 0.988. The Labute approximate surface area is 181 Å². The fraction of sp³-hybridized carbons (Fsp3) is 0.200. The normalized spacial score (nSPS) is 14.1. The Bertz CT molecular complexity index is 1010. The van der Waals surface area contributed by atoms with Gasteiger partial charge in [0.1, 0.15) is 0 Å². The van der Waals surface area contributed by atoms with Crippen LogP contribution in [0.2, 0.25) is 0 Å². The van der Waals surface area contributed by atoms with E-state index in [2.05, 4.69) is 17.4 Å². The molecule has 4 nitrogen and oxygen atoms in total. The molecule has 0 bridgehead atoms. The summed E-state index contributed by atoms with van der Waals surface area (Å²) in [5.41, 5.74) is 3.14. The molecule has 0 aromatic heterocycles. The van der Waals surface area contributed by atoms with Gasteiger partial charge in [-0.05, 0) is 29.7 Å². The van der Waals surface area contributed by atoms with Crippen LogP contribution >= 0.6 is 11.8 Å². The summed E-state index contributed by atoms with van der Waals surface area (Å²) in [6, 6.07) is 27.9. The summed E-state index contributed by atoms with van der Waals surface area (Å²) in [6.45, 7) is 0.384. The van der Waals surface area contributed by atoms with E-state index in [0.717, 1.165) is 22.6 Å². The van der Waals surface area contributed by atoms with Crippen molar-refractivity contribution in [1.82, 2.24) is 5.32 Å². The average molecular weight is 417 g/mol. The number of thioether (sulfide) groups is 1. The Morgan fingerprint density at radius 1 is 0.933 bits per heavy atom. The van der Waals surface area contributed by atoms with Gasteiger partial charge in [0, 0.05) is 17.9 Å². The van der Waals surface area contributed by atoms with E-state index in [1.807, 2.05) is 72.8 Å². The Morgan fingerprint density at radius 3 is 2.37 bits per heavy atom. The van der Waals surface area contributed by atoms with E-state index in [0.29, 0.717) is 12.3 Å². The van der Waals surface area contributed by atoms with Crippen molar-refractivity contribution < 1.29 is 9.59 Å². The van der Waals surface area contributed by atoms with E-state index in [1.165, 1.54) is 5.56 Å². The Kier molecular flexibility index (Phi) is 6.50. The minimum Gasteiger partial charge on any atom is -0.349 e. The second-order valence-electron chi connectivity index (χ2n) is 7.27. The quantitative estimate of drug-likeness (QED) is 0.612. The van der Waals surface area contributed by atoms with Crippen LogP contribution in [0.3, 0.4) is 0 Å². The number of nitrogens with zero attached hydrogens (tertiary/aromatic N) is 1. The average Bonchev–Trinajstić information content (AvgIpc) is 2.79. The number of rotatable bonds is 7. The monoisotopic (exact) mass is 416 g/mol. The largest absolute Gasteiger partial charge is 0.349 e. The minimum atomic E-state index is -0.110. The van der Waals surface area contributed by atoms with Crippen molar-refractivity contribution in [2.45, 2.75) is 23.8 Å². The third-order valence-corrected chi connectivity index (χ3v) is 6.24. The second kappa shape index (κ2) is 9.63. The highest BCUT2D eigenvalue weighted by molar-refractivity contribution is 8.00. The highest BCUT2D eigenvalue weighted by atomic mass is 32.2. The molecule has 0 radical (unpaired) electrons. The van der Waals surface area contributed by atoms with Crippen LogP contribution in [0.5, 0.6) is 0 Å². The summed E-state index contributed by atoms with van der Waals surface area (Å²) in [4.78, 5) is 28.1. The summed E-state index contributed by atoms with van der Waals surface area (Å²) in [5.74, 6) is 0.415. The van der Waals surface area contributed by atoms with Gasteiger partial charge in [-0.2, -0.15) is 0 Å². The van der Waals surface area contributed by atoms with Gasteiger partial charge in [-0.25, -0.2) is 0 Å². The number of hydrogen-bond donors (Lipinski definition) is 1. The van der Waals surface area contributed by atoms with Crippen LogP contribution in [0.15, 0.2) is 89.8 Å². The number of amides is 2. The maximum Gasteiger partial charge on any atom is 0.237 e. The highest BCUT2D eigenvalue weighted by Gasteiger charge is 2.25. The van der Waals surface area contributed by atoms with Crippen molar-refractivity contribution in [3.8, 4) is 0 Å². The number of para-hydroxylation sites is 1. The summed E-state index contributed by atoms with van der Waals surface area (Å²) < 4.78 is 0. The molecule has 1 atom stereocenters. The molecule has 0 saturated heterocycles. The number of fused-ring (bicyclic) bond motifs is 1. The number of nitrogens with one attached hydrogen (secondary N) is 1. The Hall–Kier alpha value is -3.05. The molecular weight excluding hydrogens is 392 g/mol. The lowest BCUT2D eigenvalue weighted by molar-refractivity contribution is -0.121. The van der Waals surface area contributed by atoms with Crippen LogP contribution in [-0.4, -0.2) is 24.1 Å². The first-order chi connectivity index (χ1) is 14.7. The molecule has 1 N–H and O–H groups in total. The van der Waals surface area contributed by atoms with Crippen molar-refractivity contribution in [3.63, 3.8) is 0 Å². The first-order valence-electron chi connectivity index (χ1n) is 10.1. The zero-order valence-electron chi connectivity index (χ0n) is 16.7. The molecule has 4 rings (SSSR count). The molecule has 0 spiro atoms. The minimum absolute atomic E-state index is 0.0513. The van der Waals surface area contributed by atoms with E-state index in [9.17, 15) is 9.59 Å². The molecule has 1 unspecified atom stereocenters. The number of carbonyl (C=O) groups is 2. The van der Waals surface area contributed by atoms with Gasteiger partial charge < -0.3 is 10.2 Å². The number of carbonyl (C=O) groups excluding carboxylic acids is 2. The third-order valence-electron chi connectivity index (χ3n) is 5.19. The third kappa shape index (κ3) is 4.92. The molecule has 0 aliphatic carbocycles. The SMILES string of the molecule is O=C(CCN1C(=O)CSc2ccccc21)NC(Cc1ccccc1)c1ccccc1. The second-order valence-corrected chi connectivity index (χ2v) is 8.29. The van der Waals surface area contributed by atoms with Crippen molar-refractivity contribution in [2.24, 2.45) is 0 Å². The van der Waals surface area contributed by atoms with Crippen molar-refractivity contribution >= 4 is 29.3 Å². The number of anilines is 1. The predicted octanol–water partition coefficient (Wildman–Crippen LogP) is 4.62. The van der Waals surface area contributed by atoms with E-state index < -0.39 is 0 Å². The molecule has 1 aliphatic rings. The maximum atomic E-state index is 12.8. The molecule has 2 amide bonds. The van der Waals surface area contributed by atoms with Gasteiger partial charge in [-0.1, -0.05) is 72.8 Å². The lowest BCUT2D eigenvalue weighted by Gasteiger charge is -2.29. The van der Waals surface area contributed by atoms with Crippen LogP contribution in [0.1, 0.15) is 23.6 Å². The topological polar surface area (TPSA) is 49.4 Å². The van der Waals surface area contributed by atoms with Gasteiger partial charge in [0.2, 0.25) is 11.8 Å². The standard InChI is InChI=1S/C25H24N2O2S/c28-24(15-16-27-22-13-7-8-14-23(22)30-18-25(27)29)26-21(20-11-5-2-6-12-20)17-19-9-3-1-4-10-19/h1-14,21H,15-18H2,(H,26,28). The first-order valence-corrected chi connectivity index (χ1v) is 11.1. The van der Waals surface area contributed by atoms with Gasteiger partial charge in [0.15, 0.2) is 0 Å². The maximum absolute atomic E-state index is 12.8. The highest BCUT2D eigenvalue weighted by Crippen LogP contribution is 2.34. The number of hydrogen-bond acceptors (Lipinski definition) is 3. The predicted molar refractivity (Wildman–Crippen MR) is 122 cm³/mol. The zero-order valence-corrected chi connectivity index (χ0v) is 17.5. The Morgan fingerprint density at radius 2 is 1.60 bits per heavy atom. The van der Waals surface area contributed by atoms with Gasteiger partial charge in [0.25, 0.3) is 0 Å². The molecule has 3 aromatic rings. The van der Waals surface area contributed by atoms with E-state index >= 15 is 0 Å². The molecule has 152 valence electrons. The molecule has 30 heavy (non-hydrogen) atoms. The molecule has 5 heteroatoms. The lowest BCUT2D eigenvalue weighted by Crippen LogP contribution is -2.39. The fourth-order valence-electron chi connectivity index (χ4n) is 3.67. The van der Waals surface area contributed by atoms with E-state index in [4.69, 9.17) is 0 Å². The van der Waals surface area contributed by atoms with Crippen molar-refractivity contribution in [3.05, 3.63) is 96.1 Å². The van der Waals surface area contributed by atoms with Gasteiger partial charge in [-0.3, -0.25) is 9.59 Å². The van der Waals surface area contributed by atoms with Crippen molar-refractivity contribution in [2.75, 3.05) is 17.2 Å². The van der Waals surface area contributed by atoms with Crippen LogP contribution < -0.4 is 10.2 Å². The molecule has 1 aliphatic heterocycles. The first kappa shape index (κ1) is 20.2. The van der Waals surface area contributed by atoms with Crippen LogP contribution in [0.25, 0.3) is 0 Å². The lowest BCUT2D eigenvalue weighted by atomic mass is 9.98. The van der Waals surface area contributed by atoms with Crippen LogP contribution in [0.4, 0.5) is 5.69 Å². The molecule has 0 fully saturated rings. The Balaban J connectivity index is 1.44. The van der Waals surface area contributed by atoms with Gasteiger partial charge >= 0.3 is 0 Å². The molecule has 3 aromatic carbocycles. The summed E-state index contributed by atoms with van der Waals surface area (Å²) in [5, 5.41) is 3.18.